The molecule has 0 spiro atoms. The van der Waals surface area contributed by atoms with Gasteiger partial charge in [0.1, 0.15) is 0 Å². The molecule has 3 heteroatoms. The van der Waals surface area contributed by atoms with Crippen molar-refractivity contribution in [2.75, 3.05) is 46.8 Å². The summed E-state index contributed by atoms with van der Waals surface area (Å²) in [6.07, 6.45) is 2.64. The fourth-order valence-electron chi connectivity index (χ4n) is 2.21. The van der Waals surface area contributed by atoms with Crippen LogP contribution < -0.4 is 5.32 Å². The Balaban J connectivity index is 1.80. The zero-order chi connectivity index (χ0) is 9.97. The molecule has 3 nitrogen and oxygen atoms in total. The number of rotatable bonds is 3. The standard InChI is InChI=1S/C11H21N3/c1-13(2)6-7-14-8-10-4-3-5-12-11(10)9-14/h12H,3-9H2,1-2H3. The van der Waals surface area contributed by atoms with Gasteiger partial charge in [0, 0.05) is 38.4 Å². The molecular weight excluding hydrogens is 174 g/mol. The van der Waals surface area contributed by atoms with E-state index in [9.17, 15) is 0 Å². The molecule has 0 saturated carbocycles. The molecule has 1 N–H and O–H groups in total. The van der Waals surface area contributed by atoms with Crippen LogP contribution in [-0.2, 0) is 0 Å². The van der Waals surface area contributed by atoms with Crippen molar-refractivity contribution in [3.05, 3.63) is 11.3 Å². The molecule has 0 aromatic heterocycles. The third kappa shape index (κ3) is 2.28. The van der Waals surface area contributed by atoms with Crippen molar-refractivity contribution in [3.8, 4) is 0 Å². The molecule has 2 aliphatic rings. The maximum atomic E-state index is 3.52. The van der Waals surface area contributed by atoms with Crippen LogP contribution in [0.4, 0.5) is 0 Å². The molecule has 0 aromatic rings. The summed E-state index contributed by atoms with van der Waals surface area (Å²) in [4.78, 5) is 4.80. The van der Waals surface area contributed by atoms with Gasteiger partial charge < -0.3 is 10.2 Å². The normalized spacial score (nSPS) is 22.8. The second kappa shape index (κ2) is 4.32. The van der Waals surface area contributed by atoms with E-state index in [0.29, 0.717) is 0 Å². The number of hydrogen-bond donors (Lipinski definition) is 1. The molecule has 0 bridgehead atoms. The number of nitrogens with one attached hydrogen (secondary N) is 1. The van der Waals surface area contributed by atoms with E-state index >= 15 is 0 Å². The Labute approximate surface area is 86.8 Å². The molecule has 80 valence electrons. The van der Waals surface area contributed by atoms with Crippen LogP contribution >= 0.6 is 0 Å². The van der Waals surface area contributed by atoms with Gasteiger partial charge in [0.2, 0.25) is 0 Å². The van der Waals surface area contributed by atoms with E-state index in [1.54, 1.807) is 5.57 Å². The predicted octanol–water partition coefficient (Wildman–Crippen LogP) is 0.501. The highest BCUT2D eigenvalue weighted by molar-refractivity contribution is 5.23. The zero-order valence-electron chi connectivity index (χ0n) is 9.34. The molecule has 0 amide bonds. The van der Waals surface area contributed by atoms with Crippen molar-refractivity contribution in [2.24, 2.45) is 0 Å². The number of nitrogens with zero attached hydrogens (tertiary/aromatic N) is 2. The van der Waals surface area contributed by atoms with E-state index in [4.69, 9.17) is 0 Å². The van der Waals surface area contributed by atoms with E-state index in [2.05, 4.69) is 29.2 Å². The Morgan fingerprint density at radius 3 is 2.93 bits per heavy atom. The minimum absolute atomic E-state index is 1.16. The van der Waals surface area contributed by atoms with Gasteiger partial charge in [0.05, 0.1) is 0 Å². The van der Waals surface area contributed by atoms with Crippen molar-refractivity contribution in [1.82, 2.24) is 15.1 Å². The summed E-state index contributed by atoms with van der Waals surface area (Å²) in [5.74, 6) is 0. The van der Waals surface area contributed by atoms with Gasteiger partial charge in [-0.25, -0.2) is 0 Å². The number of hydrogen-bond acceptors (Lipinski definition) is 3. The minimum Gasteiger partial charge on any atom is -0.387 e. The molecule has 14 heavy (non-hydrogen) atoms. The van der Waals surface area contributed by atoms with Crippen molar-refractivity contribution >= 4 is 0 Å². The van der Waals surface area contributed by atoms with Gasteiger partial charge in [-0.1, -0.05) is 0 Å². The van der Waals surface area contributed by atoms with Gasteiger partial charge in [0.25, 0.3) is 0 Å². The summed E-state index contributed by atoms with van der Waals surface area (Å²) < 4.78 is 0. The van der Waals surface area contributed by atoms with Crippen molar-refractivity contribution < 1.29 is 0 Å². The molecule has 0 aromatic carbocycles. The molecule has 0 unspecified atom stereocenters. The van der Waals surface area contributed by atoms with Crippen LogP contribution in [0.15, 0.2) is 11.3 Å². The second-order valence-electron chi connectivity index (χ2n) is 4.63. The third-order valence-electron chi connectivity index (χ3n) is 3.08. The van der Waals surface area contributed by atoms with Crippen molar-refractivity contribution in [2.45, 2.75) is 12.8 Å². The van der Waals surface area contributed by atoms with E-state index in [-0.39, 0.29) is 0 Å². The quantitative estimate of drug-likeness (QED) is 0.707. The summed E-state index contributed by atoms with van der Waals surface area (Å²) >= 11 is 0. The Morgan fingerprint density at radius 1 is 1.36 bits per heavy atom. The summed E-state index contributed by atoms with van der Waals surface area (Å²) in [6.45, 7) is 5.90. The van der Waals surface area contributed by atoms with Gasteiger partial charge >= 0.3 is 0 Å². The molecule has 0 fully saturated rings. The van der Waals surface area contributed by atoms with Gasteiger partial charge in [-0.2, -0.15) is 0 Å². The Morgan fingerprint density at radius 2 is 2.21 bits per heavy atom. The Kier molecular flexibility index (Phi) is 3.08. The van der Waals surface area contributed by atoms with E-state index in [1.807, 2.05) is 0 Å². The highest BCUT2D eigenvalue weighted by Crippen LogP contribution is 2.22. The molecule has 0 radical (unpaired) electrons. The summed E-state index contributed by atoms with van der Waals surface area (Å²) in [5.41, 5.74) is 3.19. The predicted molar refractivity (Wildman–Crippen MR) is 59.3 cm³/mol. The lowest BCUT2D eigenvalue weighted by molar-refractivity contribution is 0.286. The van der Waals surface area contributed by atoms with Crippen LogP contribution in [0, 0.1) is 0 Å². The molecule has 0 atom stereocenters. The smallest absolute Gasteiger partial charge is 0.0385 e. The molecule has 0 saturated heterocycles. The average molecular weight is 195 g/mol. The molecular formula is C11H21N3. The first-order valence-electron chi connectivity index (χ1n) is 5.57. The van der Waals surface area contributed by atoms with Crippen LogP contribution in [0.5, 0.6) is 0 Å². The SMILES string of the molecule is CN(C)CCN1CC2=C(C1)NCCC2. The van der Waals surface area contributed by atoms with Crippen molar-refractivity contribution in [1.29, 1.82) is 0 Å². The van der Waals surface area contributed by atoms with Crippen LogP contribution in [0.2, 0.25) is 0 Å². The fourth-order valence-corrected chi connectivity index (χ4v) is 2.21. The van der Waals surface area contributed by atoms with Crippen LogP contribution in [0.3, 0.4) is 0 Å². The maximum Gasteiger partial charge on any atom is 0.0385 e. The molecule has 0 aliphatic carbocycles. The molecule has 2 aliphatic heterocycles. The second-order valence-corrected chi connectivity index (χ2v) is 4.63. The van der Waals surface area contributed by atoms with Crippen LogP contribution in [0.1, 0.15) is 12.8 Å². The molecule has 2 rings (SSSR count). The lowest BCUT2D eigenvalue weighted by Crippen LogP contribution is -2.31. The highest BCUT2D eigenvalue weighted by Gasteiger charge is 2.23. The van der Waals surface area contributed by atoms with Crippen LogP contribution in [0.25, 0.3) is 0 Å². The topological polar surface area (TPSA) is 18.5 Å². The first-order valence-corrected chi connectivity index (χ1v) is 5.57. The zero-order valence-corrected chi connectivity index (χ0v) is 9.34. The van der Waals surface area contributed by atoms with Crippen LogP contribution in [-0.4, -0.2) is 56.6 Å². The minimum atomic E-state index is 1.16. The van der Waals surface area contributed by atoms with Gasteiger partial charge in [-0.05, 0) is 32.5 Å². The molecule has 2 heterocycles. The average Bonchev–Trinajstić information content (AvgIpc) is 2.57. The Bertz CT molecular complexity index is 215. The lowest BCUT2D eigenvalue weighted by atomic mass is 10.1. The van der Waals surface area contributed by atoms with E-state index in [1.165, 1.54) is 44.7 Å². The summed E-state index contributed by atoms with van der Waals surface area (Å²) in [6, 6.07) is 0. The first-order chi connectivity index (χ1) is 6.75. The van der Waals surface area contributed by atoms with E-state index < -0.39 is 0 Å². The summed E-state index contributed by atoms with van der Waals surface area (Å²) in [7, 11) is 4.28. The van der Waals surface area contributed by atoms with E-state index in [0.717, 1.165) is 6.54 Å². The monoisotopic (exact) mass is 195 g/mol. The number of likely N-dealkylation sites (N-methyl/N-ethyl adjacent to an activating group) is 1. The maximum absolute atomic E-state index is 3.52. The van der Waals surface area contributed by atoms with Crippen molar-refractivity contribution in [3.63, 3.8) is 0 Å². The lowest BCUT2D eigenvalue weighted by Gasteiger charge is -2.18. The Hall–Kier alpha value is -0.540. The summed E-state index contributed by atoms with van der Waals surface area (Å²) in [5, 5.41) is 3.52. The largest absolute Gasteiger partial charge is 0.387 e. The highest BCUT2D eigenvalue weighted by atomic mass is 15.2. The fraction of sp³-hybridized carbons (Fsp3) is 0.818. The van der Waals surface area contributed by atoms with Gasteiger partial charge in [-0.3, -0.25) is 4.90 Å². The van der Waals surface area contributed by atoms with Gasteiger partial charge in [-0.15, -0.1) is 0 Å². The third-order valence-corrected chi connectivity index (χ3v) is 3.08. The first kappa shape index (κ1) is 9.99. The van der Waals surface area contributed by atoms with Gasteiger partial charge in [0.15, 0.2) is 0 Å².